The van der Waals surface area contributed by atoms with Gasteiger partial charge in [-0.25, -0.2) is 9.97 Å². The molecule has 106 valence electrons. The molecule has 21 heavy (non-hydrogen) atoms. The molecule has 0 N–H and O–H groups in total. The molecule has 2 aromatic heterocycles. The van der Waals surface area contributed by atoms with Crippen molar-refractivity contribution in [2.24, 2.45) is 0 Å². The van der Waals surface area contributed by atoms with E-state index < -0.39 is 0 Å². The van der Waals surface area contributed by atoms with Crippen LogP contribution in [0.15, 0.2) is 36.7 Å². The van der Waals surface area contributed by atoms with Crippen molar-refractivity contribution in [2.75, 3.05) is 14.2 Å². The highest BCUT2D eigenvalue weighted by Gasteiger charge is 2.15. The SMILES string of the molecule is COc1nc2ccc(Cl)c(-c3ccncc3)c2nc1OC. The lowest BCUT2D eigenvalue weighted by molar-refractivity contribution is 0.334. The summed E-state index contributed by atoms with van der Waals surface area (Å²) in [4.78, 5) is 12.9. The van der Waals surface area contributed by atoms with Crippen molar-refractivity contribution in [1.82, 2.24) is 15.0 Å². The normalized spacial score (nSPS) is 10.6. The number of ether oxygens (including phenoxy) is 2. The molecule has 0 atom stereocenters. The van der Waals surface area contributed by atoms with Gasteiger partial charge in [-0.05, 0) is 29.8 Å². The molecule has 2 heterocycles. The highest BCUT2D eigenvalue weighted by atomic mass is 35.5. The largest absolute Gasteiger partial charge is 0.477 e. The average molecular weight is 302 g/mol. The van der Waals surface area contributed by atoms with Gasteiger partial charge in [0.15, 0.2) is 0 Å². The zero-order valence-corrected chi connectivity index (χ0v) is 12.3. The molecule has 0 saturated carbocycles. The molecule has 0 bridgehead atoms. The molecule has 3 aromatic rings. The van der Waals surface area contributed by atoms with Gasteiger partial charge in [0.25, 0.3) is 11.8 Å². The Balaban J connectivity index is 2.35. The van der Waals surface area contributed by atoms with Crippen LogP contribution < -0.4 is 9.47 Å². The van der Waals surface area contributed by atoms with Crippen LogP contribution in [0.4, 0.5) is 0 Å². The highest BCUT2D eigenvalue weighted by Crippen LogP contribution is 2.36. The Labute approximate surface area is 126 Å². The maximum atomic E-state index is 6.35. The second-order valence-corrected chi connectivity index (χ2v) is 4.68. The molecule has 0 aliphatic heterocycles. The molecule has 0 unspecified atom stereocenters. The maximum Gasteiger partial charge on any atom is 0.278 e. The summed E-state index contributed by atoms with van der Waals surface area (Å²) in [6.07, 6.45) is 3.41. The number of aromatic nitrogens is 3. The lowest BCUT2D eigenvalue weighted by atomic mass is 10.1. The Morgan fingerprint density at radius 2 is 1.57 bits per heavy atom. The van der Waals surface area contributed by atoms with E-state index >= 15 is 0 Å². The van der Waals surface area contributed by atoms with Crippen molar-refractivity contribution in [3.05, 3.63) is 41.7 Å². The van der Waals surface area contributed by atoms with E-state index in [0.29, 0.717) is 27.8 Å². The third-order valence-electron chi connectivity index (χ3n) is 3.08. The van der Waals surface area contributed by atoms with E-state index in [-0.39, 0.29) is 0 Å². The average Bonchev–Trinajstić information content (AvgIpc) is 2.54. The molecule has 1 aromatic carbocycles. The Hall–Kier alpha value is -2.40. The van der Waals surface area contributed by atoms with Crippen LogP contribution >= 0.6 is 11.6 Å². The minimum absolute atomic E-state index is 0.322. The third kappa shape index (κ3) is 2.36. The summed E-state index contributed by atoms with van der Waals surface area (Å²) in [6.45, 7) is 0. The summed E-state index contributed by atoms with van der Waals surface area (Å²) in [5.74, 6) is 0.663. The number of rotatable bonds is 3. The van der Waals surface area contributed by atoms with Crippen LogP contribution in [-0.4, -0.2) is 29.2 Å². The first-order valence-corrected chi connectivity index (χ1v) is 6.61. The standard InChI is InChI=1S/C15H12ClN3O2/c1-20-14-15(21-2)19-13-11(18-14)4-3-10(16)12(13)9-5-7-17-8-6-9/h3-8H,1-2H3. The summed E-state index contributed by atoms with van der Waals surface area (Å²) in [5, 5.41) is 0.593. The van der Waals surface area contributed by atoms with Gasteiger partial charge in [0.2, 0.25) is 0 Å². The van der Waals surface area contributed by atoms with Crippen molar-refractivity contribution in [1.29, 1.82) is 0 Å². The number of halogens is 1. The lowest BCUT2D eigenvalue weighted by Crippen LogP contribution is -1.98. The monoisotopic (exact) mass is 301 g/mol. The molecule has 5 nitrogen and oxygen atoms in total. The van der Waals surface area contributed by atoms with E-state index in [0.717, 1.165) is 11.1 Å². The topological polar surface area (TPSA) is 57.1 Å². The van der Waals surface area contributed by atoms with Crippen molar-refractivity contribution < 1.29 is 9.47 Å². The van der Waals surface area contributed by atoms with Gasteiger partial charge in [0, 0.05) is 18.0 Å². The number of fused-ring (bicyclic) bond motifs is 1. The molecule has 0 spiro atoms. The molecule has 6 heteroatoms. The zero-order valence-electron chi connectivity index (χ0n) is 11.5. The summed E-state index contributed by atoms with van der Waals surface area (Å²) >= 11 is 6.35. The van der Waals surface area contributed by atoms with E-state index in [2.05, 4.69) is 15.0 Å². The number of hydrogen-bond acceptors (Lipinski definition) is 5. The van der Waals surface area contributed by atoms with Crippen LogP contribution in [0.25, 0.3) is 22.2 Å². The van der Waals surface area contributed by atoms with E-state index in [9.17, 15) is 0 Å². The van der Waals surface area contributed by atoms with Gasteiger partial charge in [0.1, 0.15) is 5.52 Å². The molecular weight excluding hydrogens is 290 g/mol. The number of pyridine rings is 1. The third-order valence-corrected chi connectivity index (χ3v) is 3.39. The van der Waals surface area contributed by atoms with E-state index in [1.54, 1.807) is 24.5 Å². The van der Waals surface area contributed by atoms with Crippen molar-refractivity contribution >= 4 is 22.6 Å². The molecule has 0 radical (unpaired) electrons. The number of hydrogen-bond donors (Lipinski definition) is 0. The smallest absolute Gasteiger partial charge is 0.278 e. The van der Waals surface area contributed by atoms with Crippen molar-refractivity contribution in [2.45, 2.75) is 0 Å². The molecule has 0 aliphatic carbocycles. The quantitative estimate of drug-likeness (QED) is 0.742. The Morgan fingerprint density at radius 1 is 0.905 bits per heavy atom. The molecule has 3 rings (SSSR count). The van der Waals surface area contributed by atoms with Crippen LogP contribution in [0.2, 0.25) is 5.02 Å². The van der Waals surface area contributed by atoms with Gasteiger partial charge in [-0.2, -0.15) is 0 Å². The van der Waals surface area contributed by atoms with Crippen LogP contribution in [-0.2, 0) is 0 Å². The molecular formula is C15H12ClN3O2. The fourth-order valence-corrected chi connectivity index (χ4v) is 2.39. The van der Waals surface area contributed by atoms with E-state index in [4.69, 9.17) is 21.1 Å². The van der Waals surface area contributed by atoms with E-state index in [1.165, 1.54) is 14.2 Å². The maximum absolute atomic E-state index is 6.35. The van der Waals surface area contributed by atoms with Crippen LogP contribution in [0.1, 0.15) is 0 Å². The van der Waals surface area contributed by atoms with Gasteiger partial charge < -0.3 is 9.47 Å². The minimum Gasteiger partial charge on any atom is -0.477 e. The van der Waals surface area contributed by atoms with Crippen LogP contribution in [0, 0.1) is 0 Å². The van der Waals surface area contributed by atoms with E-state index in [1.807, 2.05) is 12.1 Å². The summed E-state index contributed by atoms with van der Waals surface area (Å²) in [5.41, 5.74) is 3.06. The lowest BCUT2D eigenvalue weighted by Gasteiger charge is -2.11. The first-order valence-electron chi connectivity index (χ1n) is 6.23. The Kier molecular flexibility index (Phi) is 3.58. The summed E-state index contributed by atoms with van der Waals surface area (Å²) < 4.78 is 10.4. The van der Waals surface area contributed by atoms with Crippen molar-refractivity contribution in [3.8, 4) is 22.9 Å². The van der Waals surface area contributed by atoms with Gasteiger partial charge in [0.05, 0.1) is 24.8 Å². The highest BCUT2D eigenvalue weighted by molar-refractivity contribution is 6.34. The molecule has 0 aliphatic rings. The first-order chi connectivity index (χ1) is 10.2. The predicted octanol–water partition coefficient (Wildman–Crippen LogP) is 3.36. The Bertz CT molecular complexity index is 794. The zero-order chi connectivity index (χ0) is 14.8. The summed E-state index contributed by atoms with van der Waals surface area (Å²) in [7, 11) is 3.05. The summed E-state index contributed by atoms with van der Waals surface area (Å²) in [6, 6.07) is 7.34. The minimum atomic E-state index is 0.322. The second-order valence-electron chi connectivity index (χ2n) is 4.27. The number of nitrogens with zero attached hydrogens (tertiary/aromatic N) is 3. The second kappa shape index (κ2) is 5.54. The fourth-order valence-electron chi connectivity index (χ4n) is 2.12. The van der Waals surface area contributed by atoms with Gasteiger partial charge in [-0.3, -0.25) is 4.98 Å². The van der Waals surface area contributed by atoms with Gasteiger partial charge in [-0.1, -0.05) is 11.6 Å². The molecule has 0 fully saturated rings. The van der Waals surface area contributed by atoms with Gasteiger partial charge >= 0.3 is 0 Å². The molecule has 0 amide bonds. The molecule has 0 saturated heterocycles. The fraction of sp³-hybridized carbons (Fsp3) is 0.133. The predicted molar refractivity (Wildman–Crippen MR) is 80.9 cm³/mol. The number of benzene rings is 1. The first kappa shape index (κ1) is 13.6. The van der Waals surface area contributed by atoms with Gasteiger partial charge in [-0.15, -0.1) is 0 Å². The van der Waals surface area contributed by atoms with Crippen molar-refractivity contribution in [3.63, 3.8) is 0 Å². The Morgan fingerprint density at radius 3 is 2.24 bits per heavy atom. The number of methoxy groups -OCH3 is 2. The van der Waals surface area contributed by atoms with Crippen LogP contribution in [0.3, 0.4) is 0 Å². The van der Waals surface area contributed by atoms with Crippen LogP contribution in [0.5, 0.6) is 11.8 Å².